The molecule has 3 aromatic heterocycles. The number of nitrogens with two attached hydrogens (primary N) is 2. The molecule has 0 aliphatic heterocycles. The average Bonchev–Trinajstić information content (AvgIpc) is 3.07. The fourth-order valence-electron chi connectivity index (χ4n) is 3.41. The highest BCUT2D eigenvalue weighted by atomic mass is 16.1. The number of hydrogen-bond donors (Lipinski definition) is 4. The zero-order chi connectivity index (χ0) is 18.8. The van der Waals surface area contributed by atoms with Crippen molar-refractivity contribution >= 4 is 28.7 Å². The summed E-state index contributed by atoms with van der Waals surface area (Å²) in [6.07, 6.45) is 9.26. The zero-order valence-corrected chi connectivity index (χ0v) is 14.8. The fraction of sp³-hybridized carbons (Fsp3) is 0.333. The van der Waals surface area contributed by atoms with Gasteiger partial charge in [0.25, 0.3) is 5.91 Å². The lowest BCUT2D eigenvalue weighted by Crippen LogP contribution is -2.42. The van der Waals surface area contributed by atoms with E-state index in [0.29, 0.717) is 11.5 Å². The van der Waals surface area contributed by atoms with Crippen LogP contribution in [-0.2, 0) is 0 Å². The lowest BCUT2D eigenvalue weighted by molar-refractivity contribution is 0.0996. The Morgan fingerprint density at radius 2 is 2.07 bits per heavy atom. The Bertz CT molecular complexity index is 969. The van der Waals surface area contributed by atoms with Crippen LogP contribution in [0.4, 0.5) is 17.3 Å². The van der Waals surface area contributed by atoms with E-state index in [-0.39, 0.29) is 23.6 Å². The Morgan fingerprint density at radius 1 is 1.22 bits per heavy atom. The maximum absolute atomic E-state index is 11.8. The molecule has 1 amide bonds. The summed E-state index contributed by atoms with van der Waals surface area (Å²) in [5, 5.41) is 10.8. The Labute approximate surface area is 156 Å². The molecule has 0 unspecified atom stereocenters. The van der Waals surface area contributed by atoms with Gasteiger partial charge in [0.15, 0.2) is 11.5 Å². The van der Waals surface area contributed by atoms with Crippen molar-refractivity contribution in [3.05, 3.63) is 42.5 Å². The van der Waals surface area contributed by atoms with Crippen molar-refractivity contribution in [2.24, 2.45) is 11.5 Å². The van der Waals surface area contributed by atoms with E-state index < -0.39 is 5.91 Å². The smallest absolute Gasteiger partial charge is 0.271 e. The second kappa shape index (κ2) is 7.20. The number of hydrogen-bond acceptors (Lipinski definition) is 7. The summed E-state index contributed by atoms with van der Waals surface area (Å²) in [5.41, 5.74) is 13.3. The predicted molar refractivity (Wildman–Crippen MR) is 103 cm³/mol. The van der Waals surface area contributed by atoms with Gasteiger partial charge in [-0.05, 0) is 25.0 Å². The summed E-state index contributed by atoms with van der Waals surface area (Å²) < 4.78 is 1.73. The molecule has 0 saturated heterocycles. The first-order chi connectivity index (χ1) is 13.1. The number of carbonyl (C=O) groups is 1. The molecule has 0 radical (unpaired) electrons. The lowest BCUT2D eigenvalue weighted by Gasteiger charge is -2.29. The fourth-order valence-corrected chi connectivity index (χ4v) is 3.41. The van der Waals surface area contributed by atoms with Crippen molar-refractivity contribution < 1.29 is 4.79 Å². The van der Waals surface area contributed by atoms with E-state index in [9.17, 15) is 4.79 Å². The van der Waals surface area contributed by atoms with Crippen LogP contribution in [0.2, 0.25) is 0 Å². The topological polar surface area (TPSA) is 136 Å². The molecule has 9 nitrogen and oxygen atoms in total. The van der Waals surface area contributed by atoms with Crippen molar-refractivity contribution in [1.29, 1.82) is 0 Å². The van der Waals surface area contributed by atoms with Crippen LogP contribution in [0.5, 0.6) is 0 Å². The number of nitrogens with one attached hydrogen (secondary N) is 2. The largest absolute Gasteiger partial charge is 0.364 e. The number of pyridine rings is 1. The highest BCUT2D eigenvalue weighted by Crippen LogP contribution is 2.25. The second-order valence-corrected chi connectivity index (χ2v) is 6.73. The molecule has 2 atom stereocenters. The number of anilines is 3. The molecular weight excluding hydrogens is 344 g/mol. The molecule has 9 heteroatoms. The maximum atomic E-state index is 11.8. The van der Waals surface area contributed by atoms with Gasteiger partial charge in [0.1, 0.15) is 5.82 Å². The average molecular weight is 366 g/mol. The summed E-state index contributed by atoms with van der Waals surface area (Å²) in [4.78, 5) is 20.5. The Morgan fingerprint density at radius 3 is 2.89 bits per heavy atom. The van der Waals surface area contributed by atoms with Gasteiger partial charge in [-0.15, -0.1) is 0 Å². The number of fused-ring (bicyclic) bond motifs is 1. The first kappa shape index (κ1) is 17.2. The molecule has 1 aliphatic rings. The molecule has 6 N–H and O–H groups in total. The van der Waals surface area contributed by atoms with Gasteiger partial charge in [0.05, 0.1) is 23.6 Å². The zero-order valence-electron chi connectivity index (χ0n) is 14.8. The Hall–Kier alpha value is -3.20. The molecule has 1 saturated carbocycles. The van der Waals surface area contributed by atoms with E-state index in [1.165, 1.54) is 6.20 Å². The second-order valence-electron chi connectivity index (χ2n) is 6.73. The molecule has 0 spiro atoms. The first-order valence-electron chi connectivity index (χ1n) is 9.00. The summed E-state index contributed by atoms with van der Waals surface area (Å²) in [7, 11) is 0. The molecule has 4 rings (SSSR count). The minimum atomic E-state index is -0.651. The molecule has 3 aromatic rings. The predicted octanol–water partition coefficient (Wildman–Crippen LogP) is 1.65. The highest BCUT2D eigenvalue weighted by molar-refractivity contribution is 5.97. The third-order valence-electron chi connectivity index (χ3n) is 4.84. The summed E-state index contributed by atoms with van der Waals surface area (Å²) in [6.45, 7) is 0. The quantitative estimate of drug-likeness (QED) is 0.539. The van der Waals surface area contributed by atoms with Crippen molar-refractivity contribution in [3.8, 4) is 0 Å². The van der Waals surface area contributed by atoms with Gasteiger partial charge in [-0.3, -0.25) is 4.79 Å². The molecule has 0 aromatic carbocycles. The van der Waals surface area contributed by atoms with Crippen LogP contribution in [0.15, 0.2) is 36.8 Å². The van der Waals surface area contributed by atoms with Crippen molar-refractivity contribution in [2.75, 3.05) is 10.6 Å². The van der Waals surface area contributed by atoms with Crippen LogP contribution < -0.4 is 22.1 Å². The third kappa shape index (κ3) is 3.54. The van der Waals surface area contributed by atoms with Crippen LogP contribution in [-0.4, -0.2) is 37.6 Å². The minimum absolute atomic E-state index is 0.0729. The van der Waals surface area contributed by atoms with Gasteiger partial charge in [-0.1, -0.05) is 18.9 Å². The summed E-state index contributed by atoms with van der Waals surface area (Å²) >= 11 is 0. The van der Waals surface area contributed by atoms with E-state index in [1.54, 1.807) is 10.7 Å². The highest BCUT2D eigenvalue weighted by Gasteiger charge is 2.23. The first-order valence-corrected chi connectivity index (χ1v) is 9.00. The van der Waals surface area contributed by atoms with E-state index >= 15 is 0 Å². The number of nitrogens with zero attached hydrogens (tertiary/aromatic N) is 4. The molecule has 140 valence electrons. The molecule has 1 fully saturated rings. The van der Waals surface area contributed by atoms with Crippen LogP contribution in [0.1, 0.15) is 36.2 Å². The van der Waals surface area contributed by atoms with Gasteiger partial charge < -0.3 is 22.1 Å². The minimum Gasteiger partial charge on any atom is -0.364 e. The number of rotatable bonds is 5. The van der Waals surface area contributed by atoms with E-state index in [1.807, 2.05) is 24.4 Å². The van der Waals surface area contributed by atoms with Crippen LogP contribution in [0, 0.1) is 0 Å². The summed E-state index contributed by atoms with van der Waals surface area (Å²) in [6, 6.07) is 5.92. The third-order valence-corrected chi connectivity index (χ3v) is 4.84. The standard InChI is InChI=1S/C18H22N8O/c19-11-5-1-2-6-12(11)23-15-10-21-16(17(20)27)18(25-15)24-13-9-22-26-8-4-3-7-14(13)26/h3-4,7-12H,1-2,5-6,19H2,(H2,20,27)(H2,23,24,25)/t11-,12+/m0/s1. The van der Waals surface area contributed by atoms with Crippen molar-refractivity contribution in [2.45, 2.75) is 37.8 Å². The maximum Gasteiger partial charge on any atom is 0.271 e. The number of carbonyl (C=O) groups excluding carboxylic acids is 1. The Balaban J connectivity index is 1.64. The normalized spacial score (nSPS) is 19.7. The van der Waals surface area contributed by atoms with E-state index in [0.717, 1.165) is 31.2 Å². The summed E-state index contributed by atoms with van der Waals surface area (Å²) in [5.74, 6) is 0.194. The monoisotopic (exact) mass is 366 g/mol. The van der Waals surface area contributed by atoms with Gasteiger partial charge in [0.2, 0.25) is 0 Å². The molecule has 27 heavy (non-hydrogen) atoms. The number of amides is 1. The van der Waals surface area contributed by atoms with Gasteiger partial charge >= 0.3 is 0 Å². The van der Waals surface area contributed by atoms with Crippen LogP contribution in [0.3, 0.4) is 0 Å². The van der Waals surface area contributed by atoms with Crippen molar-refractivity contribution in [3.63, 3.8) is 0 Å². The van der Waals surface area contributed by atoms with E-state index in [2.05, 4.69) is 25.7 Å². The molecule has 0 bridgehead atoms. The molecule has 3 heterocycles. The van der Waals surface area contributed by atoms with Crippen LogP contribution >= 0.6 is 0 Å². The Kier molecular flexibility index (Phi) is 4.59. The molecule has 1 aliphatic carbocycles. The number of aromatic nitrogens is 4. The SMILES string of the molecule is NC(=O)c1ncc(N[C@@H]2CCCC[C@@H]2N)nc1Nc1cnn2ccccc12. The van der Waals surface area contributed by atoms with Gasteiger partial charge in [0, 0.05) is 18.3 Å². The number of primary amides is 1. The lowest BCUT2D eigenvalue weighted by atomic mass is 9.91. The molecular formula is C18H22N8O. The van der Waals surface area contributed by atoms with Gasteiger partial charge in [-0.2, -0.15) is 5.10 Å². The van der Waals surface area contributed by atoms with Gasteiger partial charge in [-0.25, -0.2) is 14.5 Å². The van der Waals surface area contributed by atoms with E-state index in [4.69, 9.17) is 11.5 Å². The van der Waals surface area contributed by atoms with Crippen molar-refractivity contribution in [1.82, 2.24) is 19.6 Å². The van der Waals surface area contributed by atoms with Crippen LogP contribution in [0.25, 0.3) is 5.52 Å².